The van der Waals surface area contributed by atoms with Gasteiger partial charge < -0.3 is 4.74 Å². The first-order valence-corrected chi connectivity index (χ1v) is 16.6. The first-order chi connectivity index (χ1) is 21.4. The number of Topliss-reactive ketones (excluding diaryl/α,β-unsaturated/α-hetero) is 1. The van der Waals surface area contributed by atoms with Gasteiger partial charge in [-0.15, -0.1) is 13.2 Å². The van der Waals surface area contributed by atoms with Gasteiger partial charge in [0.1, 0.15) is 11.5 Å². The van der Waals surface area contributed by atoms with Gasteiger partial charge in [-0.25, -0.2) is 0 Å². The fraction of sp³-hybridized carbons (Fsp3) is 0.513. The maximum Gasteiger partial charge on any atom is 0.573 e. The molecule has 0 aromatic heterocycles. The number of likely N-dealkylation sites (tertiary alicyclic amines) is 1. The first kappa shape index (κ1) is 34.7. The normalized spacial score (nSPS) is 20.3. The highest BCUT2D eigenvalue weighted by Crippen LogP contribution is 2.41. The second-order valence-corrected chi connectivity index (χ2v) is 13.8. The van der Waals surface area contributed by atoms with Crippen LogP contribution in [-0.4, -0.2) is 30.1 Å². The summed E-state index contributed by atoms with van der Waals surface area (Å²) < 4.78 is 41.7. The number of hydrogen-bond donors (Lipinski definition) is 0. The number of carbonyl (C=O) groups excluding carboxylic acids is 1. The summed E-state index contributed by atoms with van der Waals surface area (Å²) in [6.07, 6.45) is 3.54. The van der Waals surface area contributed by atoms with E-state index in [9.17, 15) is 18.0 Å². The Morgan fingerprint density at radius 3 is 2.13 bits per heavy atom. The molecular weight excluding hydrogens is 571 g/mol. The molecule has 1 heterocycles. The van der Waals surface area contributed by atoms with Gasteiger partial charge >= 0.3 is 6.36 Å². The number of likely N-dealkylation sites (N-methyl/N-ethyl adjacent to an activating group) is 1. The number of nitrogens with zero attached hydrogens (tertiary/aromatic N) is 1. The summed E-state index contributed by atoms with van der Waals surface area (Å²) in [4.78, 5) is 16.0. The SMILES string of the molecule is CCCC(CCC[C@H]1C(=O)CC(CCCc2ccc(OC(F)(F)F)cc2)[C@H](c2ccc(C(C)(C)C)cc2)N1C)c1ccccc1. The molecule has 3 aromatic rings. The predicted octanol–water partition coefficient (Wildman–Crippen LogP) is 10.6. The minimum Gasteiger partial charge on any atom is -0.406 e. The van der Waals surface area contributed by atoms with Gasteiger partial charge in [0, 0.05) is 12.5 Å². The van der Waals surface area contributed by atoms with Crippen LogP contribution in [0.15, 0.2) is 78.9 Å². The van der Waals surface area contributed by atoms with E-state index in [-0.39, 0.29) is 29.2 Å². The van der Waals surface area contributed by atoms with Crippen molar-refractivity contribution in [2.24, 2.45) is 5.92 Å². The molecule has 45 heavy (non-hydrogen) atoms. The number of halogens is 3. The molecule has 2 unspecified atom stereocenters. The van der Waals surface area contributed by atoms with Gasteiger partial charge in [-0.05, 0) is 97.2 Å². The number of hydrogen-bond acceptors (Lipinski definition) is 3. The molecule has 0 aliphatic carbocycles. The van der Waals surface area contributed by atoms with Crippen LogP contribution in [0.2, 0.25) is 0 Å². The molecule has 0 bridgehead atoms. The van der Waals surface area contributed by atoms with E-state index in [1.807, 2.05) is 0 Å². The van der Waals surface area contributed by atoms with Crippen molar-refractivity contribution in [2.75, 3.05) is 7.05 Å². The smallest absolute Gasteiger partial charge is 0.406 e. The van der Waals surface area contributed by atoms with Gasteiger partial charge in [-0.1, -0.05) is 107 Å². The van der Waals surface area contributed by atoms with E-state index < -0.39 is 6.36 Å². The number of benzene rings is 3. The Morgan fingerprint density at radius 1 is 0.867 bits per heavy atom. The standard InChI is InChI=1S/C39H50F3NO2/c1-6-12-29(30-14-8-7-9-15-30)16-11-18-35-36(44)27-32(17-10-13-28-19-25-34(26-20-28)45-39(40,41)42)37(43(35)5)31-21-23-33(24-22-31)38(2,3)4/h7-9,14-15,19-26,29,32,35,37H,6,10-13,16-18,27H2,1-5H3/t29?,32?,35-,37-/m0/s1. The van der Waals surface area contributed by atoms with Crippen LogP contribution < -0.4 is 4.74 Å². The molecule has 0 saturated carbocycles. The van der Waals surface area contributed by atoms with Gasteiger partial charge in [0.05, 0.1) is 6.04 Å². The lowest BCUT2D eigenvalue weighted by Gasteiger charge is -2.44. The summed E-state index contributed by atoms with van der Waals surface area (Å²) >= 11 is 0. The Bertz CT molecular complexity index is 1330. The van der Waals surface area contributed by atoms with Crippen molar-refractivity contribution in [1.82, 2.24) is 4.90 Å². The third-order valence-electron chi connectivity index (χ3n) is 9.47. The van der Waals surface area contributed by atoms with Gasteiger partial charge in [-0.2, -0.15) is 0 Å². The van der Waals surface area contributed by atoms with E-state index in [2.05, 4.69) is 99.0 Å². The largest absolute Gasteiger partial charge is 0.573 e. The monoisotopic (exact) mass is 621 g/mol. The number of carbonyl (C=O) groups is 1. The lowest BCUT2D eigenvalue weighted by atomic mass is 9.76. The van der Waals surface area contributed by atoms with Crippen molar-refractivity contribution in [3.63, 3.8) is 0 Å². The van der Waals surface area contributed by atoms with Crippen LogP contribution in [0.1, 0.15) is 113 Å². The molecule has 0 spiro atoms. The number of rotatable bonds is 13. The third kappa shape index (κ3) is 9.93. The molecule has 1 saturated heterocycles. The Labute approximate surface area is 268 Å². The first-order valence-electron chi connectivity index (χ1n) is 16.6. The Morgan fingerprint density at radius 2 is 1.53 bits per heavy atom. The highest BCUT2D eigenvalue weighted by atomic mass is 19.4. The van der Waals surface area contributed by atoms with Crippen molar-refractivity contribution in [2.45, 2.75) is 115 Å². The number of ketones is 1. The molecule has 1 aliphatic rings. The second kappa shape index (κ2) is 15.4. The molecule has 0 N–H and O–H groups in total. The molecule has 0 radical (unpaired) electrons. The Balaban J connectivity index is 1.46. The molecule has 4 atom stereocenters. The van der Waals surface area contributed by atoms with Crippen molar-refractivity contribution >= 4 is 5.78 Å². The molecule has 3 nitrogen and oxygen atoms in total. The zero-order valence-electron chi connectivity index (χ0n) is 27.6. The molecule has 1 fully saturated rings. The van der Waals surface area contributed by atoms with Gasteiger partial charge in [0.15, 0.2) is 0 Å². The van der Waals surface area contributed by atoms with Crippen LogP contribution in [0.3, 0.4) is 0 Å². The maximum absolute atomic E-state index is 13.7. The predicted molar refractivity (Wildman–Crippen MR) is 177 cm³/mol. The number of alkyl halides is 3. The zero-order chi connectivity index (χ0) is 32.6. The van der Waals surface area contributed by atoms with Crippen LogP contribution in [0, 0.1) is 5.92 Å². The average Bonchev–Trinajstić information content (AvgIpc) is 2.98. The maximum atomic E-state index is 13.7. The van der Waals surface area contributed by atoms with Gasteiger partial charge in [0.25, 0.3) is 0 Å². The number of piperidine rings is 1. The zero-order valence-corrected chi connectivity index (χ0v) is 27.6. The molecule has 3 aromatic carbocycles. The Hall–Kier alpha value is -3.12. The third-order valence-corrected chi connectivity index (χ3v) is 9.47. The van der Waals surface area contributed by atoms with Crippen LogP contribution in [-0.2, 0) is 16.6 Å². The lowest BCUT2D eigenvalue weighted by Crippen LogP contribution is -2.49. The van der Waals surface area contributed by atoms with Crippen LogP contribution >= 0.6 is 0 Å². The van der Waals surface area contributed by atoms with E-state index >= 15 is 0 Å². The summed E-state index contributed by atoms with van der Waals surface area (Å²) in [7, 11) is 2.12. The highest BCUT2D eigenvalue weighted by molar-refractivity contribution is 5.85. The second-order valence-electron chi connectivity index (χ2n) is 13.8. The number of ether oxygens (including phenoxy) is 1. The van der Waals surface area contributed by atoms with Gasteiger partial charge in [-0.3, -0.25) is 9.69 Å². The fourth-order valence-electron chi connectivity index (χ4n) is 7.11. The lowest BCUT2D eigenvalue weighted by molar-refractivity contribution is -0.274. The summed E-state index contributed by atoms with van der Waals surface area (Å²) in [5.41, 5.74) is 4.94. The summed E-state index contributed by atoms with van der Waals surface area (Å²) in [5, 5.41) is 0. The van der Waals surface area contributed by atoms with E-state index in [1.54, 1.807) is 12.1 Å². The van der Waals surface area contributed by atoms with Crippen molar-refractivity contribution in [1.29, 1.82) is 0 Å². The molecular formula is C39H50F3NO2. The fourth-order valence-corrected chi connectivity index (χ4v) is 7.11. The minimum absolute atomic E-state index is 0.0589. The topological polar surface area (TPSA) is 29.5 Å². The molecule has 4 rings (SSSR count). The van der Waals surface area contributed by atoms with E-state index in [4.69, 9.17) is 0 Å². The van der Waals surface area contributed by atoms with Crippen molar-refractivity contribution in [3.05, 3.63) is 101 Å². The summed E-state index contributed by atoms with van der Waals surface area (Å²) in [6, 6.07) is 25.8. The summed E-state index contributed by atoms with van der Waals surface area (Å²) in [6.45, 7) is 8.89. The molecule has 0 amide bonds. The van der Waals surface area contributed by atoms with E-state index in [0.717, 1.165) is 56.9 Å². The van der Waals surface area contributed by atoms with E-state index in [0.29, 0.717) is 18.1 Å². The van der Waals surface area contributed by atoms with Crippen molar-refractivity contribution < 1.29 is 22.7 Å². The van der Waals surface area contributed by atoms with E-state index in [1.165, 1.54) is 28.8 Å². The highest BCUT2D eigenvalue weighted by Gasteiger charge is 2.40. The van der Waals surface area contributed by atoms with Crippen LogP contribution in [0.4, 0.5) is 13.2 Å². The molecule has 1 aliphatic heterocycles. The quantitative estimate of drug-likeness (QED) is 0.190. The molecule has 244 valence electrons. The van der Waals surface area contributed by atoms with Crippen molar-refractivity contribution in [3.8, 4) is 5.75 Å². The Kier molecular flexibility index (Phi) is 11.9. The summed E-state index contributed by atoms with van der Waals surface area (Å²) in [5.74, 6) is 0.804. The van der Waals surface area contributed by atoms with Gasteiger partial charge in [0.2, 0.25) is 0 Å². The minimum atomic E-state index is -4.70. The molecule has 6 heteroatoms. The van der Waals surface area contributed by atoms with Crippen LogP contribution in [0.25, 0.3) is 0 Å². The average molecular weight is 622 g/mol. The number of aryl methyl sites for hydroxylation is 1. The van der Waals surface area contributed by atoms with Crippen LogP contribution in [0.5, 0.6) is 5.75 Å².